The van der Waals surface area contributed by atoms with Crippen LogP contribution in [0.15, 0.2) is 47.1 Å². The van der Waals surface area contributed by atoms with E-state index in [1.165, 1.54) is 18.6 Å². The van der Waals surface area contributed by atoms with Crippen LogP contribution in [0.3, 0.4) is 0 Å². The van der Waals surface area contributed by atoms with Crippen LogP contribution in [-0.4, -0.2) is 34.1 Å². The van der Waals surface area contributed by atoms with Gasteiger partial charge in [0.1, 0.15) is 11.6 Å². The second-order valence-electron chi connectivity index (χ2n) is 9.03. The molecule has 2 aliphatic rings. The number of benzene rings is 1. The van der Waals surface area contributed by atoms with Crippen LogP contribution in [0.5, 0.6) is 0 Å². The van der Waals surface area contributed by atoms with Gasteiger partial charge in [0.2, 0.25) is 17.6 Å². The monoisotopic (exact) mass is 449 g/mol. The van der Waals surface area contributed by atoms with Crippen LogP contribution in [0.2, 0.25) is 0 Å². The summed E-state index contributed by atoms with van der Waals surface area (Å²) < 4.78 is 18.7. The van der Waals surface area contributed by atoms with Crippen LogP contribution in [0.4, 0.5) is 10.2 Å². The lowest BCUT2D eigenvalue weighted by molar-refractivity contribution is -0.125. The number of nitrogens with one attached hydrogen (secondary N) is 1. The fourth-order valence-corrected chi connectivity index (χ4v) is 4.54. The van der Waals surface area contributed by atoms with Gasteiger partial charge in [-0.2, -0.15) is 4.98 Å². The Morgan fingerprint density at radius 1 is 1.18 bits per heavy atom. The number of hydrogen-bond acceptors (Lipinski definition) is 6. The second kappa shape index (κ2) is 9.29. The molecule has 1 N–H and O–H groups in total. The van der Waals surface area contributed by atoms with Gasteiger partial charge in [-0.15, -0.1) is 0 Å². The molecule has 2 atom stereocenters. The third kappa shape index (κ3) is 4.60. The summed E-state index contributed by atoms with van der Waals surface area (Å²) in [6, 6.07) is 9.87. The summed E-state index contributed by atoms with van der Waals surface area (Å²) in [7, 11) is 0. The molecule has 2 aromatic heterocycles. The van der Waals surface area contributed by atoms with E-state index in [0.717, 1.165) is 49.2 Å². The first-order valence-electron chi connectivity index (χ1n) is 11.7. The van der Waals surface area contributed by atoms with Crippen LogP contribution in [0.1, 0.15) is 62.4 Å². The summed E-state index contributed by atoms with van der Waals surface area (Å²) in [6.45, 7) is 3.30. The molecule has 3 heterocycles. The van der Waals surface area contributed by atoms with Crippen LogP contribution < -0.4 is 10.2 Å². The van der Waals surface area contributed by atoms with Gasteiger partial charge in [-0.3, -0.25) is 4.79 Å². The second-order valence-corrected chi connectivity index (χ2v) is 9.03. The molecule has 3 aromatic rings. The summed E-state index contributed by atoms with van der Waals surface area (Å²) in [5.74, 6) is 1.97. The number of amides is 1. The zero-order valence-electron chi connectivity index (χ0n) is 18.7. The molecule has 1 amide bonds. The quantitative estimate of drug-likeness (QED) is 0.591. The number of halogens is 1. The highest BCUT2D eigenvalue weighted by molar-refractivity contribution is 5.80. The lowest BCUT2D eigenvalue weighted by atomic mass is 9.85. The average molecular weight is 450 g/mol. The van der Waals surface area contributed by atoms with E-state index in [-0.39, 0.29) is 23.7 Å². The van der Waals surface area contributed by atoms with E-state index in [1.807, 2.05) is 19.1 Å². The largest absolute Gasteiger partial charge is 0.355 e. The number of pyridine rings is 1. The Labute approximate surface area is 192 Å². The van der Waals surface area contributed by atoms with Crippen LogP contribution >= 0.6 is 0 Å². The Balaban J connectivity index is 1.29. The highest BCUT2D eigenvalue weighted by Gasteiger charge is 2.30. The zero-order chi connectivity index (χ0) is 22.8. The van der Waals surface area contributed by atoms with E-state index in [2.05, 4.69) is 25.3 Å². The highest BCUT2D eigenvalue weighted by Crippen LogP contribution is 2.37. The van der Waals surface area contributed by atoms with Crippen molar-refractivity contribution >= 4 is 11.7 Å². The molecule has 0 unspecified atom stereocenters. The Kier molecular flexibility index (Phi) is 6.07. The molecule has 5 rings (SSSR count). The maximum atomic E-state index is 13.2. The zero-order valence-corrected chi connectivity index (χ0v) is 18.7. The number of piperidine rings is 1. The van der Waals surface area contributed by atoms with Gasteiger partial charge in [-0.1, -0.05) is 23.7 Å². The summed E-state index contributed by atoms with van der Waals surface area (Å²) in [5.41, 5.74) is 1.70. The summed E-state index contributed by atoms with van der Waals surface area (Å²) in [6.07, 6.45) is 6.86. The Hall–Kier alpha value is -3.29. The highest BCUT2D eigenvalue weighted by atomic mass is 19.1. The summed E-state index contributed by atoms with van der Waals surface area (Å²) in [5, 5.41) is 7.30. The topological polar surface area (TPSA) is 84.2 Å². The third-order valence-corrected chi connectivity index (χ3v) is 6.74. The van der Waals surface area contributed by atoms with Gasteiger partial charge < -0.3 is 14.7 Å². The van der Waals surface area contributed by atoms with Crippen LogP contribution in [0, 0.1) is 11.7 Å². The van der Waals surface area contributed by atoms with Crippen molar-refractivity contribution in [3.05, 3.63) is 59.9 Å². The predicted molar refractivity (Wildman–Crippen MR) is 122 cm³/mol. The number of rotatable bonds is 6. The van der Waals surface area contributed by atoms with E-state index in [0.29, 0.717) is 24.2 Å². The normalized spacial score (nSPS) is 19.7. The van der Waals surface area contributed by atoms with Crippen molar-refractivity contribution in [1.82, 2.24) is 20.4 Å². The number of aromatic nitrogens is 3. The van der Waals surface area contributed by atoms with E-state index >= 15 is 0 Å². The van der Waals surface area contributed by atoms with Gasteiger partial charge in [0, 0.05) is 25.2 Å². The SMILES string of the molecule is C[C@H](NC(=O)[C@@H]1CCCN(c2ncccc2-c2noc(C3CCC3)n2)C1)c1ccc(F)cc1. The average Bonchev–Trinajstić information content (AvgIpc) is 3.27. The molecular weight excluding hydrogens is 421 g/mol. The molecule has 1 saturated carbocycles. The van der Waals surface area contributed by atoms with E-state index in [1.54, 1.807) is 18.3 Å². The number of hydrogen-bond donors (Lipinski definition) is 1. The van der Waals surface area contributed by atoms with Gasteiger partial charge in [0.15, 0.2) is 0 Å². The standard InChI is InChI=1S/C25H28FN5O2/c1-16(17-9-11-20(26)12-10-17)28-24(32)19-7-4-14-31(15-19)23-21(8-3-13-27-23)22-29-25(33-30-22)18-5-2-6-18/h3,8-13,16,18-19H,2,4-7,14-15H2,1H3,(H,28,32)/t16-,19+/m0/s1. The molecule has 0 spiro atoms. The molecular formula is C25H28FN5O2. The van der Waals surface area contributed by atoms with Crippen LogP contribution in [-0.2, 0) is 4.79 Å². The van der Waals surface area contributed by atoms with Crippen molar-refractivity contribution in [2.24, 2.45) is 5.92 Å². The molecule has 2 fully saturated rings. The molecule has 1 saturated heterocycles. The molecule has 0 radical (unpaired) electrons. The van der Waals surface area contributed by atoms with Crippen LogP contribution in [0.25, 0.3) is 11.4 Å². The first kappa shape index (κ1) is 21.6. The fraction of sp³-hybridized carbons (Fsp3) is 0.440. The summed E-state index contributed by atoms with van der Waals surface area (Å²) >= 11 is 0. The minimum atomic E-state index is -0.284. The number of carbonyl (C=O) groups is 1. The van der Waals surface area contributed by atoms with Gasteiger partial charge in [0.25, 0.3) is 0 Å². The third-order valence-electron chi connectivity index (χ3n) is 6.74. The Morgan fingerprint density at radius 2 is 2.00 bits per heavy atom. The first-order valence-corrected chi connectivity index (χ1v) is 11.7. The van der Waals surface area contributed by atoms with Gasteiger partial charge in [-0.25, -0.2) is 9.37 Å². The van der Waals surface area contributed by atoms with Crippen molar-refractivity contribution in [1.29, 1.82) is 0 Å². The maximum Gasteiger partial charge on any atom is 0.230 e. The van der Waals surface area contributed by atoms with Crippen molar-refractivity contribution < 1.29 is 13.7 Å². The molecule has 172 valence electrons. The summed E-state index contributed by atoms with van der Waals surface area (Å²) in [4.78, 5) is 24.4. The molecule has 33 heavy (non-hydrogen) atoms. The predicted octanol–water partition coefficient (Wildman–Crippen LogP) is 4.63. The lowest BCUT2D eigenvalue weighted by Gasteiger charge is -2.34. The molecule has 1 aromatic carbocycles. The molecule has 1 aliphatic heterocycles. The number of carbonyl (C=O) groups excluding carboxylic acids is 1. The number of nitrogens with zero attached hydrogens (tertiary/aromatic N) is 4. The lowest BCUT2D eigenvalue weighted by Crippen LogP contribution is -2.44. The first-order chi connectivity index (χ1) is 16.1. The molecule has 7 nitrogen and oxygen atoms in total. The minimum Gasteiger partial charge on any atom is -0.355 e. The molecule has 8 heteroatoms. The smallest absolute Gasteiger partial charge is 0.230 e. The van der Waals surface area contributed by atoms with Crippen molar-refractivity contribution in [2.75, 3.05) is 18.0 Å². The van der Waals surface area contributed by atoms with Crippen molar-refractivity contribution in [3.8, 4) is 11.4 Å². The molecule has 0 bridgehead atoms. The van der Waals surface area contributed by atoms with Gasteiger partial charge in [0.05, 0.1) is 17.5 Å². The fourth-order valence-electron chi connectivity index (χ4n) is 4.54. The minimum absolute atomic E-state index is 0.000775. The van der Waals surface area contributed by atoms with Gasteiger partial charge >= 0.3 is 0 Å². The Morgan fingerprint density at radius 3 is 2.76 bits per heavy atom. The van der Waals surface area contributed by atoms with Gasteiger partial charge in [-0.05, 0) is 62.4 Å². The Bertz CT molecular complexity index is 1110. The molecule has 1 aliphatic carbocycles. The van der Waals surface area contributed by atoms with Crippen molar-refractivity contribution in [2.45, 2.75) is 51.0 Å². The van der Waals surface area contributed by atoms with E-state index < -0.39 is 0 Å². The van der Waals surface area contributed by atoms with E-state index in [4.69, 9.17) is 4.52 Å². The maximum absolute atomic E-state index is 13.2. The van der Waals surface area contributed by atoms with E-state index in [9.17, 15) is 9.18 Å². The van der Waals surface area contributed by atoms with Crippen molar-refractivity contribution in [3.63, 3.8) is 0 Å². The number of anilines is 1.